The first-order valence-corrected chi connectivity index (χ1v) is 6.81. The maximum absolute atomic E-state index is 11.4. The molecule has 0 unspecified atom stereocenters. The summed E-state index contributed by atoms with van der Waals surface area (Å²) in [4.78, 5) is 11.7. The van der Waals surface area contributed by atoms with E-state index in [9.17, 15) is 4.79 Å². The molecule has 0 radical (unpaired) electrons. The molecule has 0 aliphatic heterocycles. The smallest absolute Gasteiger partial charge is 0.253 e. The molecule has 0 bridgehead atoms. The number of anilines is 2. The molecule has 0 saturated heterocycles. The summed E-state index contributed by atoms with van der Waals surface area (Å²) >= 11 is 1.20. The summed E-state index contributed by atoms with van der Waals surface area (Å²) < 4.78 is 0. The van der Waals surface area contributed by atoms with E-state index in [1.807, 2.05) is 6.07 Å². The van der Waals surface area contributed by atoms with E-state index in [-0.39, 0.29) is 11.3 Å². The number of amides is 1. The second-order valence-corrected chi connectivity index (χ2v) is 5.58. The van der Waals surface area contributed by atoms with Crippen molar-refractivity contribution in [1.29, 1.82) is 5.26 Å². The van der Waals surface area contributed by atoms with Gasteiger partial charge in [0.2, 0.25) is 0 Å². The Kier molecular flexibility index (Phi) is 3.72. The number of carbonyl (C=O) groups is 1. The molecular weight excluding hydrogens is 248 g/mol. The third kappa shape index (κ3) is 2.41. The lowest BCUT2D eigenvalue weighted by molar-refractivity contribution is 0.100. The molecule has 1 aromatic rings. The third-order valence-corrected chi connectivity index (χ3v) is 4.39. The summed E-state index contributed by atoms with van der Waals surface area (Å²) in [5.41, 5.74) is 11.5. The first-order valence-electron chi connectivity index (χ1n) is 5.99. The summed E-state index contributed by atoms with van der Waals surface area (Å²) in [6, 6.07) is 1.98. The van der Waals surface area contributed by atoms with Crippen molar-refractivity contribution in [2.45, 2.75) is 25.7 Å². The van der Waals surface area contributed by atoms with Gasteiger partial charge in [-0.15, -0.1) is 11.3 Å². The minimum atomic E-state index is -0.584. The van der Waals surface area contributed by atoms with E-state index in [0.29, 0.717) is 15.8 Å². The molecule has 5 N–H and O–H groups in total. The largest absolute Gasteiger partial charge is 0.396 e. The molecular formula is C12H16N4OS. The van der Waals surface area contributed by atoms with Crippen LogP contribution in [0.5, 0.6) is 0 Å². The number of thiophene rings is 1. The van der Waals surface area contributed by atoms with Gasteiger partial charge in [-0.2, -0.15) is 5.26 Å². The molecule has 2 rings (SSSR count). The average molecular weight is 264 g/mol. The number of nitrogens with one attached hydrogen (secondary N) is 1. The van der Waals surface area contributed by atoms with Crippen LogP contribution in [-0.4, -0.2) is 12.5 Å². The summed E-state index contributed by atoms with van der Waals surface area (Å²) in [7, 11) is 0. The van der Waals surface area contributed by atoms with Crippen molar-refractivity contribution in [3.05, 3.63) is 10.4 Å². The molecule has 5 nitrogen and oxygen atoms in total. The molecule has 1 aromatic heterocycles. The molecule has 1 saturated carbocycles. The van der Waals surface area contributed by atoms with Gasteiger partial charge in [0.1, 0.15) is 15.9 Å². The fraction of sp³-hybridized carbons (Fsp3) is 0.500. The Labute approximate surface area is 110 Å². The zero-order valence-corrected chi connectivity index (χ0v) is 10.8. The van der Waals surface area contributed by atoms with Crippen LogP contribution in [0.15, 0.2) is 0 Å². The number of carbonyl (C=O) groups excluding carboxylic acids is 1. The van der Waals surface area contributed by atoms with Crippen LogP contribution in [0.1, 0.15) is 40.9 Å². The minimum absolute atomic E-state index is 0.198. The molecule has 6 heteroatoms. The number of hydrogen-bond donors (Lipinski definition) is 3. The van der Waals surface area contributed by atoms with Crippen LogP contribution in [0, 0.1) is 17.2 Å². The molecule has 0 aromatic carbocycles. The van der Waals surface area contributed by atoms with Gasteiger partial charge in [0, 0.05) is 6.54 Å². The first kappa shape index (κ1) is 12.7. The first-order chi connectivity index (χ1) is 8.63. The fourth-order valence-electron chi connectivity index (χ4n) is 2.35. The number of nitrogen functional groups attached to an aromatic ring is 1. The van der Waals surface area contributed by atoms with Gasteiger partial charge in [0.15, 0.2) is 0 Å². The second kappa shape index (κ2) is 5.27. The monoisotopic (exact) mass is 264 g/mol. The highest BCUT2D eigenvalue weighted by atomic mass is 32.1. The summed E-state index contributed by atoms with van der Waals surface area (Å²) in [6.45, 7) is 0.811. The molecule has 1 aliphatic rings. The van der Waals surface area contributed by atoms with Crippen molar-refractivity contribution in [3.63, 3.8) is 0 Å². The van der Waals surface area contributed by atoms with Crippen LogP contribution in [0.2, 0.25) is 0 Å². The Morgan fingerprint density at radius 3 is 2.72 bits per heavy atom. The lowest BCUT2D eigenvalue weighted by Gasteiger charge is -2.11. The van der Waals surface area contributed by atoms with Crippen LogP contribution >= 0.6 is 11.3 Å². The highest BCUT2D eigenvalue weighted by molar-refractivity contribution is 7.17. The zero-order chi connectivity index (χ0) is 13.1. The topological polar surface area (TPSA) is 105 Å². The Morgan fingerprint density at radius 1 is 1.50 bits per heavy atom. The van der Waals surface area contributed by atoms with Gasteiger partial charge in [-0.25, -0.2) is 0 Å². The van der Waals surface area contributed by atoms with Crippen molar-refractivity contribution in [3.8, 4) is 6.07 Å². The predicted molar refractivity (Wildman–Crippen MR) is 72.4 cm³/mol. The van der Waals surface area contributed by atoms with E-state index in [0.717, 1.165) is 6.54 Å². The van der Waals surface area contributed by atoms with Crippen molar-refractivity contribution >= 4 is 27.9 Å². The molecule has 1 amide bonds. The number of hydrogen-bond acceptors (Lipinski definition) is 5. The van der Waals surface area contributed by atoms with Crippen molar-refractivity contribution in [2.24, 2.45) is 11.7 Å². The Bertz CT molecular complexity index is 497. The normalized spacial score (nSPS) is 15.5. The lowest BCUT2D eigenvalue weighted by Crippen LogP contribution is -2.17. The average Bonchev–Trinajstić information content (AvgIpc) is 2.93. The highest BCUT2D eigenvalue weighted by Gasteiger charge is 2.21. The predicted octanol–water partition coefficient (Wildman–Crippen LogP) is 1.90. The van der Waals surface area contributed by atoms with E-state index in [1.165, 1.54) is 37.0 Å². The van der Waals surface area contributed by atoms with Gasteiger partial charge in [-0.1, -0.05) is 12.8 Å². The second-order valence-electron chi connectivity index (χ2n) is 4.56. The summed E-state index contributed by atoms with van der Waals surface area (Å²) in [5, 5.41) is 12.8. The van der Waals surface area contributed by atoms with E-state index in [2.05, 4.69) is 5.32 Å². The Morgan fingerprint density at radius 2 is 2.17 bits per heavy atom. The van der Waals surface area contributed by atoms with Crippen LogP contribution < -0.4 is 16.8 Å². The van der Waals surface area contributed by atoms with E-state index >= 15 is 0 Å². The SMILES string of the molecule is N#Cc1sc(NCC2CCCC2)c(C(N)=O)c1N. The Balaban J connectivity index is 2.16. The molecule has 96 valence electrons. The van der Waals surface area contributed by atoms with E-state index in [4.69, 9.17) is 16.7 Å². The van der Waals surface area contributed by atoms with Gasteiger partial charge in [-0.05, 0) is 18.8 Å². The maximum Gasteiger partial charge on any atom is 0.253 e. The van der Waals surface area contributed by atoms with Gasteiger partial charge in [-0.3, -0.25) is 4.79 Å². The Hall–Kier alpha value is -1.74. The molecule has 1 aliphatic carbocycles. The van der Waals surface area contributed by atoms with E-state index < -0.39 is 5.91 Å². The molecule has 18 heavy (non-hydrogen) atoms. The van der Waals surface area contributed by atoms with E-state index in [1.54, 1.807) is 0 Å². The number of nitriles is 1. The van der Waals surface area contributed by atoms with Gasteiger partial charge >= 0.3 is 0 Å². The minimum Gasteiger partial charge on any atom is -0.396 e. The van der Waals surface area contributed by atoms with Gasteiger partial charge < -0.3 is 16.8 Å². The summed E-state index contributed by atoms with van der Waals surface area (Å²) in [6.07, 6.45) is 4.96. The molecule has 0 spiro atoms. The maximum atomic E-state index is 11.4. The number of rotatable bonds is 4. The van der Waals surface area contributed by atoms with Crippen molar-refractivity contribution < 1.29 is 4.79 Å². The van der Waals surface area contributed by atoms with Crippen molar-refractivity contribution in [1.82, 2.24) is 0 Å². The molecule has 1 heterocycles. The van der Waals surface area contributed by atoms with Gasteiger partial charge in [0.25, 0.3) is 5.91 Å². The number of nitrogens with two attached hydrogens (primary N) is 2. The fourth-order valence-corrected chi connectivity index (χ4v) is 3.28. The zero-order valence-electron chi connectivity index (χ0n) is 10.0. The number of primary amides is 1. The lowest BCUT2D eigenvalue weighted by atomic mass is 10.1. The number of nitrogens with zero attached hydrogens (tertiary/aromatic N) is 1. The third-order valence-electron chi connectivity index (χ3n) is 3.32. The van der Waals surface area contributed by atoms with Crippen molar-refractivity contribution in [2.75, 3.05) is 17.6 Å². The highest BCUT2D eigenvalue weighted by Crippen LogP contribution is 2.35. The van der Waals surface area contributed by atoms with Gasteiger partial charge in [0.05, 0.1) is 11.3 Å². The standard InChI is InChI=1S/C12H16N4OS/c13-5-8-10(14)9(11(15)17)12(18-8)16-6-7-3-1-2-4-7/h7,16H,1-4,6,14H2,(H2,15,17). The van der Waals surface area contributed by atoms with Crippen LogP contribution in [0.3, 0.4) is 0 Å². The quantitative estimate of drug-likeness (QED) is 0.772. The van der Waals surface area contributed by atoms with Crippen LogP contribution in [0.25, 0.3) is 0 Å². The van der Waals surface area contributed by atoms with Crippen LogP contribution in [-0.2, 0) is 0 Å². The molecule has 1 fully saturated rings. The molecule has 0 atom stereocenters. The van der Waals surface area contributed by atoms with Crippen LogP contribution in [0.4, 0.5) is 10.7 Å². The summed E-state index contributed by atoms with van der Waals surface area (Å²) in [5.74, 6) is 0.0544.